The van der Waals surface area contributed by atoms with Crippen molar-refractivity contribution in [2.24, 2.45) is 5.41 Å². The van der Waals surface area contributed by atoms with Crippen LogP contribution in [0.25, 0.3) is 0 Å². The zero-order valence-electron chi connectivity index (χ0n) is 10.4. The summed E-state index contributed by atoms with van der Waals surface area (Å²) in [6, 6.07) is 9.63. The van der Waals surface area contributed by atoms with Crippen molar-refractivity contribution in [1.29, 1.82) is 5.26 Å². The van der Waals surface area contributed by atoms with Crippen LogP contribution in [0.3, 0.4) is 0 Å². The van der Waals surface area contributed by atoms with Crippen LogP contribution in [0.15, 0.2) is 24.3 Å². The van der Waals surface area contributed by atoms with E-state index in [1.807, 2.05) is 24.3 Å². The number of nitrogens with one attached hydrogen (secondary N) is 1. The van der Waals surface area contributed by atoms with Crippen molar-refractivity contribution < 1.29 is 9.53 Å². The molecule has 0 atom stereocenters. The summed E-state index contributed by atoms with van der Waals surface area (Å²) in [4.78, 5) is 12.1. The SMILES string of the molecule is COCc1ccccc1NC(=O)C1(C#N)CCC1. The van der Waals surface area contributed by atoms with E-state index in [-0.39, 0.29) is 5.91 Å². The van der Waals surface area contributed by atoms with Gasteiger partial charge in [0.1, 0.15) is 5.41 Å². The maximum Gasteiger partial charge on any atom is 0.244 e. The lowest BCUT2D eigenvalue weighted by Crippen LogP contribution is -2.40. The number of carbonyl (C=O) groups is 1. The molecule has 4 nitrogen and oxygen atoms in total. The Morgan fingerprint density at radius 1 is 1.50 bits per heavy atom. The topological polar surface area (TPSA) is 62.1 Å². The maximum absolute atomic E-state index is 12.1. The van der Waals surface area contributed by atoms with Crippen molar-refractivity contribution in [3.8, 4) is 6.07 Å². The van der Waals surface area contributed by atoms with Crippen molar-refractivity contribution in [1.82, 2.24) is 0 Å². The second kappa shape index (κ2) is 5.19. The number of ether oxygens (including phenoxy) is 1. The van der Waals surface area contributed by atoms with Gasteiger partial charge in [-0.3, -0.25) is 4.79 Å². The molecule has 0 aliphatic heterocycles. The average molecular weight is 244 g/mol. The number of rotatable bonds is 4. The van der Waals surface area contributed by atoms with E-state index in [0.717, 1.165) is 17.7 Å². The standard InChI is InChI=1S/C14H16N2O2/c1-18-9-11-5-2-3-6-12(11)16-13(17)14(10-15)7-4-8-14/h2-3,5-6H,4,7-9H2,1H3,(H,16,17). The highest BCUT2D eigenvalue weighted by atomic mass is 16.5. The Balaban J connectivity index is 2.14. The molecule has 0 heterocycles. The second-order valence-corrected chi connectivity index (χ2v) is 4.59. The normalized spacial score (nSPS) is 16.4. The first-order valence-corrected chi connectivity index (χ1v) is 6.01. The minimum absolute atomic E-state index is 0.195. The Labute approximate surface area is 107 Å². The van der Waals surface area contributed by atoms with Crippen LogP contribution in [0.4, 0.5) is 5.69 Å². The molecule has 1 N–H and O–H groups in total. The number of amides is 1. The number of benzene rings is 1. The van der Waals surface area contributed by atoms with Crippen molar-refractivity contribution in [3.05, 3.63) is 29.8 Å². The molecule has 0 bridgehead atoms. The first-order valence-electron chi connectivity index (χ1n) is 6.01. The molecule has 1 aromatic carbocycles. The predicted octanol–water partition coefficient (Wildman–Crippen LogP) is 2.47. The quantitative estimate of drug-likeness (QED) is 0.885. The number of hydrogen-bond acceptors (Lipinski definition) is 3. The van der Waals surface area contributed by atoms with E-state index in [0.29, 0.717) is 19.4 Å². The predicted molar refractivity (Wildman–Crippen MR) is 67.7 cm³/mol. The number of methoxy groups -OCH3 is 1. The average Bonchev–Trinajstić information content (AvgIpc) is 2.31. The van der Waals surface area contributed by atoms with Gasteiger partial charge < -0.3 is 10.1 Å². The highest BCUT2D eigenvalue weighted by Gasteiger charge is 2.44. The summed E-state index contributed by atoms with van der Waals surface area (Å²) in [5.41, 5.74) is 0.826. The van der Waals surface area contributed by atoms with Crippen molar-refractivity contribution in [2.45, 2.75) is 25.9 Å². The minimum Gasteiger partial charge on any atom is -0.380 e. The summed E-state index contributed by atoms with van der Waals surface area (Å²) in [5, 5.41) is 12.0. The molecule has 1 amide bonds. The molecule has 1 aliphatic rings. The summed E-state index contributed by atoms with van der Waals surface area (Å²) in [7, 11) is 1.61. The number of carbonyl (C=O) groups excluding carboxylic acids is 1. The first kappa shape index (κ1) is 12.6. The van der Waals surface area contributed by atoms with Gasteiger partial charge in [-0.1, -0.05) is 18.2 Å². The van der Waals surface area contributed by atoms with Crippen LogP contribution in [0.5, 0.6) is 0 Å². The third kappa shape index (κ3) is 2.22. The smallest absolute Gasteiger partial charge is 0.244 e. The molecule has 4 heteroatoms. The summed E-state index contributed by atoms with van der Waals surface area (Å²) in [6.45, 7) is 0.440. The second-order valence-electron chi connectivity index (χ2n) is 4.59. The number of anilines is 1. The van der Waals surface area contributed by atoms with Crippen LogP contribution in [0.2, 0.25) is 0 Å². The van der Waals surface area contributed by atoms with E-state index in [9.17, 15) is 4.79 Å². The largest absolute Gasteiger partial charge is 0.380 e. The molecule has 94 valence electrons. The molecule has 0 unspecified atom stereocenters. The van der Waals surface area contributed by atoms with Gasteiger partial charge >= 0.3 is 0 Å². The zero-order chi connectivity index (χ0) is 13.0. The molecule has 1 saturated carbocycles. The molecule has 1 fully saturated rings. The fraction of sp³-hybridized carbons (Fsp3) is 0.429. The Morgan fingerprint density at radius 3 is 2.78 bits per heavy atom. The van der Waals surface area contributed by atoms with Gasteiger partial charge in [-0.2, -0.15) is 5.26 Å². The van der Waals surface area contributed by atoms with Crippen molar-refractivity contribution in [3.63, 3.8) is 0 Å². The summed E-state index contributed by atoms with van der Waals surface area (Å²) < 4.78 is 5.09. The summed E-state index contributed by atoms with van der Waals surface area (Å²) >= 11 is 0. The molecule has 0 aromatic heterocycles. The Bertz CT molecular complexity index is 487. The van der Waals surface area contributed by atoms with Gasteiger partial charge in [0.25, 0.3) is 0 Å². The minimum atomic E-state index is -0.819. The lowest BCUT2D eigenvalue weighted by Gasteiger charge is -2.33. The van der Waals surface area contributed by atoms with Crippen LogP contribution in [-0.2, 0) is 16.1 Å². The van der Waals surface area contributed by atoms with Gasteiger partial charge in [-0.05, 0) is 25.3 Å². The number of nitrogens with zero attached hydrogens (tertiary/aromatic N) is 1. The molecule has 2 rings (SSSR count). The summed E-state index contributed by atoms with van der Waals surface area (Å²) in [5.74, 6) is -0.195. The van der Waals surface area contributed by atoms with Gasteiger partial charge in [-0.25, -0.2) is 0 Å². The van der Waals surface area contributed by atoms with Gasteiger partial charge in [0.05, 0.1) is 12.7 Å². The van der Waals surface area contributed by atoms with Crippen LogP contribution < -0.4 is 5.32 Å². The third-order valence-electron chi connectivity index (χ3n) is 3.42. The summed E-state index contributed by atoms with van der Waals surface area (Å²) in [6.07, 6.45) is 2.25. The van der Waals surface area contributed by atoms with E-state index in [4.69, 9.17) is 10.00 Å². The van der Waals surface area contributed by atoms with Gasteiger partial charge in [-0.15, -0.1) is 0 Å². The monoisotopic (exact) mass is 244 g/mol. The maximum atomic E-state index is 12.1. The van der Waals surface area contributed by atoms with Gasteiger partial charge in [0.15, 0.2) is 0 Å². The van der Waals surface area contributed by atoms with E-state index in [1.54, 1.807) is 7.11 Å². The Kier molecular flexibility index (Phi) is 3.63. The van der Waals surface area contributed by atoms with Crippen LogP contribution in [0.1, 0.15) is 24.8 Å². The zero-order valence-corrected chi connectivity index (χ0v) is 10.4. The third-order valence-corrected chi connectivity index (χ3v) is 3.42. The molecule has 0 spiro atoms. The fourth-order valence-corrected chi connectivity index (χ4v) is 2.09. The molecule has 0 radical (unpaired) electrons. The number of nitriles is 1. The van der Waals surface area contributed by atoms with E-state index >= 15 is 0 Å². The van der Waals surface area contributed by atoms with Crippen LogP contribution in [0, 0.1) is 16.7 Å². The number of hydrogen-bond donors (Lipinski definition) is 1. The highest BCUT2D eigenvalue weighted by molar-refractivity contribution is 5.98. The van der Waals surface area contributed by atoms with E-state index in [1.165, 1.54) is 0 Å². The lowest BCUT2D eigenvalue weighted by atomic mass is 9.69. The molecule has 1 aliphatic carbocycles. The fourth-order valence-electron chi connectivity index (χ4n) is 2.09. The van der Waals surface area contributed by atoms with Gasteiger partial charge in [0.2, 0.25) is 5.91 Å². The Morgan fingerprint density at radius 2 is 2.22 bits per heavy atom. The number of para-hydroxylation sites is 1. The lowest BCUT2D eigenvalue weighted by molar-refractivity contribution is -0.126. The molecule has 1 aromatic rings. The highest BCUT2D eigenvalue weighted by Crippen LogP contribution is 2.41. The van der Waals surface area contributed by atoms with Crippen molar-refractivity contribution in [2.75, 3.05) is 12.4 Å². The van der Waals surface area contributed by atoms with Crippen LogP contribution in [-0.4, -0.2) is 13.0 Å². The van der Waals surface area contributed by atoms with Crippen LogP contribution >= 0.6 is 0 Å². The molecular formula is C14H16N2O2. The first-order chi connectivity index (χ1) is 8.72. The molecular weight excluding hydrogens is 228 g/mol. The van der Waals surface area contributed by atoms with E-state index < -0.39 is 5.41 Å². The molecule has 0 saturated heterocycles. The van der Waals surface area contributed by atoms with E-state index in [2.05, 4.69) is 11.4 Å². The molecule has 18 heavy (non-hydrogen) atoms. The van der Waals surface area contributed by atoms with Gasteiger partial charge in [0, 0.05) is 18.4 Å². The van der Waals surface area contributed by atoms with Crippen molar-refractivity contribution >= 4 is 11.6 Å². The Hall–Kier alpha value is -1.86.